The van der Waals surface area contributed by atoms with Crippen LogP contribution in [0.2, 0.25) is 0 Å². The van der Waals surface area contributed by atoms with Gasteiger partial charge in [0.2, 0.25) is 0 Å². The number of aliphatic hydroxyl groups is 2. The number of unbranched alkanes of at least 4 members (excludes halogenated alkanes) is 15. The van der Waals surface area contributed by atoms with Gasteiger partial charge in [0, 0.05) is 6.61 Å². The first-order chi connectivity index (χ1) is 15.1. The zero-order valence-corrected chi connectivity index (χ0v) is 23.8. The summed E-state index contributed by atoms with van der Waals surface area (Å²) >= 11 is 0. The van der Waals surface area contributed by atoms with Crippen LogP contribution in [-0.2, 0) is 0 Å². The van der Waals surface area contributed by atoms with E-state index in [1.54, 1.807) is 0 Å². The van der Waals surface area contributed by atoms with Crippen LogP contribution >= 0.6 is 0 Å². The number of halogens is 1. The van der Waals surface area contributed by atoms with Gasteiger partial charge in [0.05, 0.1) is 25.2 Å². The predicted octanol–water partition coefficient (Wildman–Crippen LogP) is 3.46. The second kappa shape index (κ2) is 27.6. The maximum absolute atomic E-state index is 9.32. The van der Waals surface area contributed by atoms with Crippen molar-refractivity contribution in [2.24, 2.45) is 0 Å². The number of hydrogen-bond acceptors (Lipinski definition) is 2. The third-order valence-electron chi connectivity index (χ3n) is 6.96. The van der Waals surface area contributed by atoms with Crippen LogP contribution in [0.15, 0.2) is 0 Å². The van der Waals surface area contributed by atoms with E-state index in [0.717, 1.165) is 18.9 Å². The lowest BCUT2D eigenvalue weighted by atomic mass is 10.0. The van der Waals surface area contributed by atoms with Crippen LogP contribution in [0.1, 0.15) is 149 Å². The molecule has 0 aliphatic heterocycles. The third-order valence-corrected chi connectivity index (χ3v) is 6.96. The van der Waals surface area contributed by atoms with E-state index in [1.807, 2.05) is 11.8 Å². The van der Waals surface area contributed by atoms with E-state index in [1.165, 1.54) is 129 Å². The minimum Gasteiger partial charge on any atom is -1.00 e. The standard InChI is InChI=1S/C28H59NO2.BrH/c1-4-5-22-27(2)29(24-19-15-11-7-6-8-13-17-21-26-30)25-20-16-12-9-10-14-18-23-28(3)31;/h27-28,30-31H,4-26H2,1-3H3;1H/t27-,28-;/m1./s1. The highest BCUT2D eigenvalue weighted by Gasteiger charge is 2.16. The molecule has 32 heavy (non-hydrogen) atoms. The van der Waals surface area contributed by atoms with E-state index in [0.29, 0.717) is 6.61 Å². The molecule has 4 heteroatoms. The van der Waals surface area contributed by atoms with Crippen LogP contribution in [0.5, 0.6) is 0 Å². The highest BCUT2D eigenvalue weighted by Crippen LogP contribution is 2.10. The first kappa shape index (κ1) is 34.5. The van der Waals surface area contributed by atoms with Crippen molar-refractivity contribution in [1.82, 2.24) is 0 Å². The molecule has 0 amide bonds. The number of hydrogen-bond donors (Lipinski definition) is 3. The number of rotatable bonds is 25. The molecular formula is C28H60BrNO2. The van der Waals surface area contributed by atoms with Gasteiger partial charge in [-0.2, -0.15) is 0 Å². The van der Waals surface area contributed by atoms with Crippen LogP contribution in [-0.4, -0.2) is 42.1 Å². The summed E-state index contributed by atoms with van der Waals surface area (Å²) < 4.78 is 0. The van der Waals surface area contributed by atoms with Gasteiger partial charge in [-0.3, -0.25) is 0 Å². The molecule has 0 saturated heterocycles. The van der Waals surface area contributed by atoms with Crippen molar-refractivity contribution in [3.05, 3.63) is 0 Å². The molecule has 0 saturated carbocycles. The van der Waals surface area contributed by atoms with Crippen molar-refractivity contribution < 1.29 is 32.1 Å². The number of aliphatic hydroxyl groups excluding tert-OH is 2. The normalized spacial score (nSPS) is 14.2. The van der Waals surface area contributed by atoms with Crippen molar-refractivity contribution in [1.29, 1.82) is 0 Å². The fourth-order valence-corrected chi connectivity index (χ4v) is 4.71. The lowest BCUT2D eigenvalue weighted by Crippen LogP contribution is -3.15. The molecule has 0 spiro atoms. The molecule has 3 nitrogen and oxygen atoms in total. The largest absolute Gasteiger partial charge is 1.00 e. The lowest BCUT2D eigenvalue weighted by molar-refractivity contribution is -0.924. The molecule has 0 aromatic carbocycles. The molecule has 0 bridgehead atoms. The predicted molar refractivity (Wildman–Crippen MR) is 137 cm³/mol. The average molecular weight is 523 g/mol. The van der Waals surface area contributed by atoms with Gasteiger partial charge in [0.25, 0.3) is 0 Å². The molecule has 3 N–H and O–H groups in total. The van der Waals surface area contributed by atoms with Gasteiger partial charge in [0.1, 0.15) is 0 Å². The zero-order valence-electron chi connectivity index (χ0n) is 22.2. The minimum absolute atomic E-state index is 0. The summed E-state index contributed by atoms with van der Waals surface area (Å²) in [5.74, 6) is 0. The molecule has 0 radical (unpaired) electrons. The highest BCUT2D eigenvalue weighted by atomic mass is 79.9. The van der Waals surface area contributed by atoms with Crippen LogP contribution in [0, 0.1) is 0 Å². The Hall–Kier alpha value is 0.360. The SMILES string of the molecule is CCCC[C@@H](C)[NH+](CCCCCCCCCCCO)CCCCCCCCC[C@@H](C)O.[Br-]. The summed E-state index contributed by atoms with van der Waals surface area (Å²) in [5, 5.41) is 18.1. The topological polar surface area (TPSA) is 44.9 Å². The van der Waals surface area contributed by atoms with Gasteiger partial charge in [-0.05, 0) is 65.2 Å². The molecule has 0 rings (SSSR count). The minimum atomic E-state index is -0.119. The van der Waals surface area contributed by atoms with Crippen LogP contribution in [0.4, 0.5) is 0 Å². The van der Waals surface area contributed by atoms with Gasteiger partial charge in [-0.25, -0.2) is 0 Å². The van der Waals surface area contributed by atoms with Crippen molar-refractivity contribution in [2.75, 3.05) is 19.7 Å². The summed E-state index contributed by atoms with van der Waals surface area (Å²) in [7, 11) is 0. The summed E-state index contributed by atoms with van der Waals surface area (Å²) in [6, 6.07) is 0.826. The first-order valence-corrected chi connectivity index (χ1v) is 14.2. The van der Waals surface area contributed by atoms with Gasteiger partial charge < -0.3 is 32.1 Å². The fraction of sp³-hybridized carbons (Fsp3) is 1.00. The Bertz CT molecular complexity index is 341. The highest BCUT2D eigenvalue weighted by molar-refractivity contribution is 4.53. The van der Waals surface area contributed by atoms with Crippen molar-refractivity contribution in [3.8, 4) is 0 Å². The fourth-order valence-electron chi connectivity index (χ4n) is 4.71. The lowest BCUT2D eigenvalue weighted by Gasteiger charge is -2.26. The Kier molecular flexibility index (Phi) is 29.8. The Morgan fingerprint density at radius 3 is 1.38 bits per heavy atom. The zero-order chi connectivity index (χ0) is 23.0. The molecule has 0 aromatic rings. The monoisotopic (exact) mass is 521 g/mol. The van der Waals surface area contributed by atoms with E-state index in [2.05, 4.69) is 13.8 Å². The Morgan fingerprint density at radius 2 is 0.969 bits per heavy atom. The molecule has 0 aromatic heterocycles. The first-order valence-electron chi connectivity index (χ1n) is 14.2. The van der Waals surface area contributed by atoms with Crippen LogP contribution in [0.3, 0.4) is 0 Å². The van der Waals surface area contributed by atoms with E-state index < -0.39 is 0 Å². The van der Waals surface area contributed by atoms with Gasteiger partial charge >= 0.3 is 0 Å². The average Bonchev–Trinajstić information content (AvgIpc) is 2.75. The second-order valence-electron chi connectivity index (χ2n) is 10.2. The Morgan fingerprint density at radius 1 is 0.562 bits per heavy atom. The molecule has 1 unspecified atom stereocenters. The van der Waals surface area contributed by atoms with Gasteiger partial charge in [-0.15, -0.1) is 0 Å². The van der Waals surface area contributed by atoms with Crippen molar-refractivity contribution >= 4 is 0 Å². The van der Waals surface area contributed by atoms with Gasteiger partial charge in [0.15, 0.2) is 0 Å². The second-order valence-corrected chi connectivity index (χ2v) is 10.2. The van der Waals surface area contributed by atoms with Crippen molar-refractivity contribution in [2.45, 2.75) is 161 Å². The molecule has 0 aliphatic carbocycles. The summed E-state index contributed by atoms with van der Waals surface area (Å²) in [5.41, 5.74) is 0. The summed E-state index contributed by atoms with van der Waals surface area (Å²) in [4.78, 5) is 1.87. The molecule has 0 fully saturated rings. The molecule has 3 atom stereocenters. The molecule has 0 aliphatic rings. The summed E-state index contributed by atoms with van der Waals surface area (Å²) in [6.45, 7) is 9.81. The summed E-state index contributed by atoms with van der Waals surface area (Å²) in [6.07, 6.45) is 26.2. The quantitative estimate of drug-likeness (QED) is 0.161. The van der Waals surface area contributed by atoms with E-state index >= 15 is 0 Å². The van der Waals surface area contributed by atoms with Gasteiger partial charge in [-0.1, -0.05) is 84.0 Å². The maximum atomic E-state index is 9.32. The number of quaternary nitrogens is 1. The third kappa shape index (κ3) is 25.0. The molecular weight excluding hydrogens is 462 g/mol. The van der Waals surface area contributed by atoms with E-state index in [9.17, 15) is 5.11 Å². The van der Waals surface area contributed by atoms with Crippen LogP contribution in [0.25, 0.3) is 0 Å². The Labute approximate surface area is 212 Å². The number of nitrogens with one attached hydrogen (secondary N) is 1. The van der Waals surface area contributed by atoms with Crippen molar-refractivity contribution in [3.63, 3.8) is 0 Å². The van der Waals surface area contributed by atoms with E-state index in [4.69, 9.17) is 5.11 Å². The van der Waals surface area contributed by atoms with E-state index in [-0.39, 0.29) is 23.1 Å². The maximum Gasteiger partial charge on any atom is 0.0846 e. The van der Waals surface area contributed by atoms with Crippen LogP contribution < -0.4 is 21.9 Å². The molecule has 0 heterocycles. The molecule has 196 valence electrons. The Balaban J connectivity index is 0. The smallest absolute Gasteiger partial charge is 0.0846 e.